The van der Waals surface area contributed by atoms with E-state index in [0.717, 1.165) is 44.6 Å². The molecular formula is C16H22N2O4. The molecule has 0 amide bonds. The number of aromatic nitrogens is 2. The molecular weight excluding hydrogens is 284 g/mol. The molecule has 1 saturated carbocycles. The summed E-state index contributed by atoms with van der Waals surface area (Å²) in [5, 5.41) is 14.2. The first kappa shape index (κ1) is 14.2. The van der Waals surface area contributed by atoms with Gasteiger partial charge in [-0.1, -0.05) is 0 Å². The van der Waals surface area contributed by atoms with Crippen molar-refractivity contribution >= 4 is 5.97 Å². The molecule has 2 aliphatic heterocycles. The van der Waals surface area contributed by atoms with E-state index in [9.17, 15) is 9.90 Å². The van der Waals surface area contributed by atoms with Gasteiger partial charge < -0.3 is 14.6 Å². The van der Waals surface area contributed by atoms with Crippen molar-refractivity contribution < 1.29 is 19.4 Å². The van der Waals surface area contributed by atoms with Crippen molar-refractivity contribution in [2.75, 3.05) is 26.4 Å². The predicted octanol–water partition coefficient (Wildman–Crippen LogP) is 1.76. The summed E-state index contributed by atoms with van der Waals surface area (Å²) < 4.78 is 12.5. The van der Waals surface area contributed by atoms with Gasteiger partial charge in [0.2, 0.25) is 0 Å². The molecule has 2 saturated heterocycles. The van der Waals surface area contributed by atoms with E-state index < -0.39 is 11.5 Å². The molecule has 1 aromatic heterocycles. The molecule has 3 aliphatic rings. The maximum Gasteiger partial charge on any atom is 0.331 e. The van der Waals surface area contributed by atoms with Crippen molar-refractivity contribution in [1.82, 2.24) is 9.78 Å². The molecule has 0 aromatic carbocycles. The predicted molar refractivity (Wildman–Crippen MR) is 77.7 cm³/mol. The van der Waals surface area contributed by atoms with Crippen LogP contribution in [0.1, 0.15) is 43.6 Å². The Morgan fingerprint density at radius 3 is 2.68 bits per heavy atom. The lowest BCUT2D eigenvalue weighted by molar-refractivity contribution is -0.172. The Kier molecular flexibility index (Phi) is 3.27. The molecule has 1 aliphatic carbocycles. The van der Waals surface area contributed by atoms with Gasteiger partial charge in [0.25, 0.3) is 0 Å². The van der Waals surface area contributed by atoms with Crippen LogP contribution in [-0.2, 0) is 19.8 Å². The van der Waals surface area contributed by atoms with Crippen LogP contribution in [0.4, 0.5) is 0 Å². The van der Waals surface area contributed by atoms with Crippen LogP contribution in [0.3, 0.4) is 0 Å². The maximum absolute atomic E-state index is 11.9. The topological polar surface area (TPSA) is 73.6 Å². The van der Waals surface area contributed by atoms with Crippen molar-refractivity contribution in [3.05, 3.63) is 18.0 Å². The third-order valence-electron chi connectivity index (χ3n) is 5.73. The second kappa shape index (κ2) is 5.06. The monoisotopic (exact) mass is 306 g/mol. The lowest BCUT2D eigenvalue weighted by atomic mass is 9.54. The quantitative estimate of drug-likeness (QED) is 0.921. The average molecular weight is 306 g/mol. The maximum atomic E-state index is 11.9. The summed E-state index contributed by atoms with van der Waals surface area (Å²) in [5.74, 6) is -0.404. The number of carboxylic acid groups (broad SMARTS) is 1. The van der Waals surface area contributed by atoms with Gasteiger partial charge in [-0.25, -0.2) is 4.79 Å². The third-order valence-corrected chi connectivity index (χ3v) is 5.73. The van der Waals surface area contributed by atoms with Gasteiger partial charge in [0, 0.05) is 31.9 Å². The number of nitrogens with zero attached hydrogens (tertiary/aromatic N) is 2. The molecule has 0 bridgehead atoms. The van der Waals surface area contributed by atoms with E-state index in [-0.39, 0.29) is 5.41 Å². The summed E-state index contributed by atoms with van der Waals surface area (Å²) in [6, 6.07) is 0. The Morgan fingerprint density at radius 2 is 2.05 bits per heavy atom. The van der Waals surface area contributed by atoms with E-state index in [1.807, 2.05) is 12.4 Å². The number of hydrogen-bond donors (Lipinski definition) is 1. The summed E-state index contributed by atoms with van der Waals surface area (Å²) in [4.78, 5) is 11.9. The van der Waals surface area contributed by atoms with Crippen molar-refractivity contribution in [1.29, 1.82) is 0 Å². The summed E-state index contributed by atoms with van der Waals surface area (Å²) in [5.41, 5.74) is 0.375. The minimum absolute atomic E-state index is 0.138. The van der Waals surface area contributed by atoms with E-state index in [2.05, 4.69) is 5.10 Å². The average Bonchev–Trinajstić information content (AvgIpc) is 3.16. The summed E-state index contributed by atoms with van der Waals surface area (Å²) in [7, 11) is 0. The second-order valence-electron chi connectivity index (χ2n) is 7.08. The zero-order valence-electron chi connectivity index (χ0n) is 12.7. The number of carbonyl (C=O) groups is 1. The van der Waals surface area contributed by atoms with E-state index in [0.29, 0.717) is 25.4 Å². The first-order chi connectivity index (χ1) is 10.6. The second-order valence-corrected chi connectivity index (χ2v) is 7.08. The van der Waals surface area contributed by atoms with E-state index >= 15 is 0 Å². The van der Waals surface area contributed by atoms with Crippen molar-refractivity contribution in [2.45, 2.75) is 43.6 Å². The summed E-state index contributed by atoms with van der Waals surface area (Å²) in [6.07, 6.45) is 8.01. The van der Waals surface area contributed by atoms with Crippen LogP contribution in [0.25, 0.3) is 0 Å². The normalized spacial score (nSPS) is 29.4. The van der Waals surface area contributed by atoms with E-state index in [4.69, 9.17) is 9.47 Å². The summed E-state index contributed by atoms with van der Waals surface area (Å²) in [6.45, 7) is 3.00. The Hall–Kier alpha value is -1.40. The largest absolute Gasteiger partial charge is 0.479 e. The third kappa shape index (κ3) is 2.08. The fraction of sp³-hybridized carbons (Fsp3) is 0.750. The van der Waals surface area contributed by atoms with Crippen LogP contribution in [0.2, 0.25) is 0 Å². The minimum atomic E-state index is -0.866. The smallest absolute Gasteiger partial charge is 0.331 e. The summed E-state index contributed by atoms with van der Waals surface area (Å²) >= 11 is 0. The fourth-order valence-electron chi connectivity index (χ4n) is 4.34. The molecule has 1 atom stereocenters. The number of hydrogen-bond acceptors (Lipinski definition) is 4. The molecule has 22 heavy (non-hydrogen) atoms. The SMILES string of the molecule is O=C(O)C1(n2cc(C3CCOC3)cn2)CC2(CCOCC2)C1. The number of carboxylic acids is 1. The van der Waals surface area contributed by atoms with Crippen LogP contribution >= 0.6 is 0 Å². The highest BCUT2D eigenvalue weighted by Gasteiger charge is 2.61. The van der Waals surface area contributed by atoms with Gasteiger partial charge in [-0.3, -0.25) is 4.68 Å². The van der Waals surface area contributed by atoms with Gasteiger partial charge in [-0.05, 0) is 43.1 Å². The standard InChI is InChI=1S/C16H22N2O4/c19-14(20)16(10-15(11-16)2-5-21-6-3-15)18-8-13(7-17-18)12-1-4-22-9-12/h7-8,12H,1-6,9-11H2,(H,19,20). The zero-order chi connectivity index (χ0) is 15.2. The lowest BCUT2D eigenvalue weighted by Gasteiger charge is -2.55. The van der Waals surface area contributed by atoms with Gasteiger partial charge in [0.15, 0.2) is 5.54 Å². The number of rotatable bonds is 3. The Morgan fingerprint density at radius 1 is 1.27 bits per heavy atom. The molecule has 6 nitrogen and oxygen atoms in total. The molecule has 6 heteroatoms. The molecule has 3 fully saturated rings. The van der Waals surface area contributed by atoms with Crippen LogP contribution in [0, 0.1) is 5.41 Å². The highest BCUT2D eigenvalue weighted by molar-refractivity contribution is 5.78. The Labute approximate surface area is 129 Å². The van der Waals surface area contributed by atoms with Crippen molar-refractivity contribution in [3.63, 3.8) is 0 Å². The highest BCUT2D eigenvalue weighted by Crippen LogP contribution is 2.58. The van der Waals surface area contributed by atoms with Crippen LogP contribution in [-0.4, -0.2) is 47.3 Å². The van der Waals surface area contributed by atoms with Gasteiger partial charge in [0.05, 0.1) is 12.8 Å². The van der Waals surface area contributed by atoms with Gasteiger partial charge in [0.1, 0.15) is 0 Å². The molecule has 3 heterocycles. The van der Waals surface area contributed by atoms with E-state index in [1.54, 1.807) is 4.68 Å². The Bertz CT molecular complexity index is 562. The minimum Gasteiger partial charge on any atom is -0.479 e. The lowest BCUT2D eigenvalue weighted by Crippen LogP contribution is -2.59. The first-order valence-corrected chi connectivity index (χ1v) is 8.08. The zero-order valence-corrected chi connectivity index (χ0v) is 12.7. The highest BCUT2D eigenvalue weighted by atomic mass is 16.5. The Balaban J connectivity index is 1.57. The van der Waals surface area contributed by atoms with Crippen LogP contribution < -0.4 is 0 Å². The molecule has 1 aromatic rings. The molecule has 1 unspecified atom stereocenters. The molecule has 0 radical (unpaired) electrons. The molecule has 1 spiro atoms. The van der Waals surface area contributed by atoms with E-state index in [1.165, 1.54) is 0 Å². The molecule has 4 rings (SSSR count). The van der Waals surface area contributed by atoms with Crippen molar-refractivity contribution in [3.8, 4) is 0 Å². The molecule has 1 N–H and O–H groups in total. The number of ether oxygens (including phenoxy) is 2. The van der Waals surface area contributed by atoms with Gasteiger partial charge in [-0.15, -0.1) is 0 Å². The first-order valence-electron chi connectivity index (χ1n) is 8.08. The number of aliphatic carboxylic acids is 1. The van der Waals surface area contributed by atoms with Crippen LogP contribution in [0.5, 0.6) is 0 Å². The van der Waals surface area contributed by atoms with Gasteiger partial charge in [-0.2, -0.15) is 5.10 Å². The fourth-order valence-corrected chi connectivity index (χ4v) is 4.34. The van der Waals surface area contributed by atoms with Crippen LogP contribution in [0.15, 0.2) is 12.4 Å². The van der Waals surface area contributed by atoms with Gasteiger partial charge >= 0.3 is 5.97 Å². The molecule has 120 valence electrons. The van der Waals surface area contributed by atoms with Crippen molar-refractivity contribution in [2.24, 2.45) is 5.41 Å².